The number of halogens is 1. The van der Waals surface area contributed by atoms with Gasteiger partial charge in [-0.2, -0.15) is 0 Å². The number of nitrogens with zero attached hydrogens (tertiary/aromatic N) is 1. The summed E-state index contributed by atoms with van der Waals surface area (Å²) in [5, 5.41) is 4.05. The second-order valence-electron chi connectivity index (χ2n) is 5.54. The fraction of sp³-hybridized carbons (Fsp3) is 0.533. The van der Waals surface area contributed by atoms with Crippen molar-refractivity contribution in [1.82, 2.24) is 5.32 Å². The Balaban J connectivity index is 2.12. The van der Waals surface area contributed by atoms with Crippen molar-refractivity contribution in [2.75, 3.05) is 32.1 Å². The molecule has 2 aliphatic heterocycles. The lowest BCUT2D eigenvalue weighted by Gasteiger charge is -2.47. The van der Waals surface area contributed by atoms with Gasteiger partial charge in [-0.15, -0.1) is 0 Å². The molecular weight excluding hydrogens is 276 g/mol. The number of rotatable bonds is 1. The van der Waals surface area contributed by atoms with Gasteiger partial charge in [0, 0.05) is 36.3 Å². The molecule has 20 heavy (non-hydrogen) atoms. The van der Waals surface area contributed by atoms with Crippen molar-refractivity contribution in [3.63, 3.8) is 0 Å². The van der Waals surface area contributed by atoms with Crippen LogP contribution < -0.4 is 10.2 Å². The number of fused-ring (bicyclic) bond motifs is 2. The molecule has 4 nitrogen and oxygen atoms in total. The zero-order chi connectivity index (χ0) is 14.3. The van der Waals surface area contributed by atoms with E-state index in [1.54, 1.807) is 0 Å². The van der Waals surface area contributed by atoms with E-state index < -0.39 is 0 Å². The summed E-state index contributed by atoms with van der Waals surface area (Å²) in [6.45, 7) is 1.82. The second-order valence-corrected chi connectivity index (χ2v) is 5.98. The summed E-state index contributed by atoms with van der Waals surface area (Å²) >= 11 is 6.13. The van der Waals surface area contributed by atoms with Gasteiger partial charge in [-0.25, -0.2) is 0 Å². The van der Waals surface area contributed by atoms with Gasteiger partial charge < -0.3 is 15.0 Å². The Bertz CT molecular complexity index is 535. The minimum absolute atomic E-state index is 0.166. The predicted octanol–water partition coefficient (Wildman–Crippen LogP) is 2.02. The largest absolute Gasteiger partial charge is 0.469 e. The predicted molar refractivity (Wildman–Crippen MR) is 79.4 cm³/mol. The third-order valence-electron chi connectivity index (χ3n) is 4.58. The van der Waals surface area contributed by atoms with Crippen LogP contribution in [0.3, 0.4) is 0 Å². The molecule has 3 unspecified atom stereocenters. The number of ether oxygens (including phenoxy) is 1. The van der Waals surface area contributed by atoms with Crippen molar-refractivity contribution in [1.29, 1.82) is 0 Å². The molecule has 0 spiro atoms. The molecule has 108 valence electrons. The molecule has 1 N–H and O–H groups in total. The number of hydrogen-bond donors (Lipinski definition) is 1. The molecule has 5 heteroatoms. The van der Waals surface area contributed by atoms with E-state index in [-0.39, 0.29) is 17.8 Å². The lowest BCUT2D eigenvalue weighted by Crippen LogP contribution is -2.54. The molecule has 0 radical (unpaired) electrons. The summed E-state index contributed by atoms with van der Waals surface area (Å²) in [5.41, 5.74) is 2.07. The highest BCUT2D eigenvalue weighted by Gasteiger charge is 2.44. The Labute approximate surface area is 124 Å². The molecule has 1 saturated heterocycles. The van der Waals surface area contributed by atoms with Gasteiger partial charge >= 0.3 is 5.97 Å². The Morgan fingerprint density at radius 3 is 3.05 bits per heavy atom. The lowest BCUT2D eigenvalue weighted by molar-refractivity contribution is -0.144. The van der Waals surface area contributed by atoms with Gasteiger partial charge in [0.15, 0.2) is 0 Å². The van der Waals surface area contributed by atoms with Crippen molar-refractivity contribution in [3.8, 4) is 0 Å². The first-order valence-electron chi connectivity index (χ1n) is 6.94. The monoisotopic (exact) mass is 294 g/mol. The standard InChI is InChI=1S/C15H19ClN2O2/c1-18-12-4-3-9(16)7-10(12)14(15(19)20-2)11-8-17-6-5-13(11)18/h3-4,7,11,13-14,17H,5-6,8H2,1-2H3. The van der Waals surface area contributed by atoms with Crippen molar-refractivity contribution in [2.24, 2.45) is 5.92 Å². The minimum Gasteiger partial charge on any atom is -0.469 e. The summed E-state index contributed by atoms with van der Waals surface area (Å²) in [5.74, 6) is -0.171. The van der Waals surface area contributed by atoms with E-state index in [2.05, 4.69) is 17.3 Å². The van der Waals surface area contributed by atoms with E-state index in [0.717, 1.165) is 30.8 Å². The zero-order valence-corrected chi connectivity index (χ0v) is 12.5. The highest BCUT2D eigenvalue weighted by Crippen LogP contribution is 2.44. The van der Waals surface area contributed by atoms with Crippen molar-refractivity contribution in [3.05, 3.63) is 28.8 Å². The normalized spacial score (nSPS) is 28.6. The molecule has 1 fully saturated rings. The maximum atomic E-state index is 12.3. The number of hydrogen-bond acceptors (Lipinski definition) is 4. The van der Waals surface area contributed by atoms with E-state index in [1.165, 1.54) is 7.11 Å². The summed E-state index contributed by atoms with van der Waals surface area (Å²) < 4.78 is 5.04. The third kappa shape index (κ3) is 2.07. The zero-order valence-electron chi connectivity index (χ0n) is 11.7. The fourth-order valence-corrected chi connectivity index (χ4v) is 3.80. The average Bonchev–Trinajstić information content (AvgIpc) is 2.47. The van der Waals surface area contributed by atoms with E-state index in [4.69, 9.17) is 16.3 Å². The van der Waals surface area contributed by atoms with Crippen molar-refractivity contribution in [2.45, 2.75) is 18.4 Å². The number of nitrogens with one attached hydrogen (secondary N) is 1. The molecule has 0 aliphatic carbocycles. The van der Waals surface area contributed by atoms with Gasteiger partial charge in [0.2, 0.25) is 0 Å². The SMILES string of the molecule is COC(=O)C1c2cc(Cl)ccc2N(C)C2CCNCC12. The van der Waals surface area contributed by atoms with Gasteiger partial charge in [-0.05, 0) is 36.7 Å². The van der Waals surface area contributed by atoms with Crippen molar-refractivity contribution >= 4 is 23.3 Å². The molecule has 1 aromatic carbocycles. The van der Waals surface area contributed by atoms with Crippen LogP contribution in [0.1, 0.15) is 17.9 Å². The van der Waals surface area contributed by atoms with Crippen LogP contribution in [-0.2, 0) is 9.53 Å². The molecule has 0 aromatic heterocycles. The molecule has 2 heterocycles. The first-order chi connectivity index (χ1) is 9.63. The van der Waals surface area contributed by atoms with Crippen LogP contribution in [0.15, 0.2) is 18.2 Å². The molecule has 3 atom stereocenters. The average molecular weight is 295 g/mol. The topological polar surface area (TPSA) is 41.6 Å². The fourth-order valence-electron chi connectivity index (χ4n) is 3.62. The first-order valence-corrected chi connectivity index (χ1v) is 7.32. The molecule has 0 saturated carbocycles. The third-order valence-corrected chi connectivity index (χ3v) is 4.81. The molecule has 2 aliphatic rings. The number of benzene rings is 1. The highest BCUT2D eigenvalue weighted by molar-refractivity contribution is 6.30. The van der Waals surface area contributed by atoms with Gasteiger partial charge in [0.05, 0.1) is 13.0 Å². The maximum Gasteiger partial charge on any atom is 0.313 e. The number of anilines is 1. The second kappa shape index (κ2) is 5.26. The number of carbonyl (C=O) groups excluding carboxylic acids is 1. The molecule has 0 bridgehead atoms. The van der Waals surface area contributed by atoms with E-state index >= 15 is 0 Å². The molecule has 1 aromatic rings. The van der Waals surface area contributed by atoms with Gasteiger partial charge in [0.1, 0.15) is 0 Å². The number of carbonyl (C=O) groups is 1. The Hall–Kier alpha value is -1.26. The van der Waals surface area contributed by atoms with E-state index in [1.807, 2.05) is 18.2 Å². The van der Waals surface area contributed by atoms with Gasteiger partial charge in [-0.1, -0.05) is 11.6 Å². The quantitative estimate of drug-likeness (QED) is 0.805. The summed E-state index contributed by atoms with van der Waals surface area (Å²) in [7, 11) is 3.55. The molecular formula is C15H19ClN2O2. The summed E-state index contributed by atoms with van der Waals surface area (Å²) in [6, 6.07) is 6.16. The molecule has 0 amide bonds. The number of methoxy groups -OCH3 is 1. The summed E-state index contributed by atoms with van der Waals surface area (Å²) in [6.07, 6.45) is 1.04. The van der Waals surface area contributed by atoms with Crippen molar-refractivity contribution < 1.29 is 9.53 Å². The first kappa shape index (κ1) is 13.7. The van der Waals surface area contributed by atoms with Crippen LogP contribution in [0.2, 0.25) is 5.02 Å². The summed E-state index contributed by atoms with van der Waals surface area (Å²) in [4.78, 5) is 14.6. The molecule has 3 rings (SSSR count). The van der Waals surface area contributed by atoms with Crippen LogP contribution in [0.5, 0.6) is 0 Å². The maximum absolute atomic E-state index is 12.3. The van der Waals surface area contributed by atoms with Crippen LogP contribution in [0.25, 0.3) is 0 Å². The van der Waals surface area contributed by atoms with Gasteiger partial charge in [0.25, 0.3) is 0 Å². The lowest BCUT2D eigenvalue weighted by atomic mass is 9.74. The Morgan fingerprint density at radius 1 is 1.50 bits per heavy atom. The van der Waals surface area contributed by atoms with Crippen LogP contribution in [0, 0.1) is 5.92 Å². The highest BCUT2D eigenvalue weighted by atomic mass is 35.5. The minimum atomic E-state index is -0.234. The van der Waals surface area contributed by atoms with Crippen LogP contribution >= 0.6 is 11.6 Å². The number of piperidine rings is 1. The number of esters is 1. The Kier molecular flexibility index (Phi) is 3.61. The van der Waals surface area contributed by atoms with Crippen LogP contribution in [0.4, 0.5) is 5.69 Å². The van der Waals surface area contributed by atoms with Gasteiger partial charge in [-0.3, -0.25) is 4.79 Å². The van der Waals surface area contributed by atoms with E-state index in [0.29, 0.717) is 11.1 Å². The van der Waals surface area contributed by atoms with E-state index in [9.17, 15) is 4.79 Å². The van der Waals surface area contributed by atoms with Crippen LogP contribution in [-0.4, -0.2) is 39.3 Å². The Morgan fingerprint density at radius 2 is 2.30 bits per heavy atom. The smallest absolute Gasteiger partial charge is 0.313 e.